The van der Waals surface area contributed by atoms with Crippen LogP contribution in [0.25, 0.3) is 0 Å². The first-order valence-electron chi connectivity index (χ1n) is 13.3. The molecule has 0 bridgehead atoms. The summed E-state index contributed by atoms with van der Waals surface area (Å²) in [5.41, 5.74) is 5.83. The highest BCUT2D eigenvalue weighted by Gasteiger charge is 2.37. The molecular weight excluding hydrogens is 480 g/mol. The molecule has 3 aromatic rings. The molecule has 0 radical (unpaired) electrons. The summed E-state index contributed by atoms with van der Waals surface area (Å²) in [5.74, 6) is 0.526. The van der Waals surface area contributed by atoms with Gasteiger partial charge in [-0.25, -0.2) is 0 Å². The van der Waals surface area contributed by atoms with Gasteiger partial charge in [0.25, 0.3) is 11.6 Å². The number of nitro benzene ring substituents is 1. The Kier molecular flexibility index (Phi) is 7.79. The number of amides is 1. The molecule has 0 fully saturated rings. The summed E-state index contributed by atoms with van der Waals surface area (Å²) < 4.78 is 6.03. The van der Waals surface area contributed by atoms with Crippen molar-refractivity contribution in [3.63, 3.8) is 0 Å². The number of hydrogen-bond acceptors (Lipinski definition) is 5. The van der Waals surface area contributed by atoms with Crippen LogP contribution in [-0.4, -0.2) is 34.0 Å². The molecule has 1 aliphatic rings. The molecule has 0 unspecified atom stereocenters. The normalized spacial score (nSPS) is 15.6. The molecule has 0 spiro atoms. The molecule has 7 nitrogen and oxygen atoms in total. The number of nitro groups is 1. The van der Waals surface area contributed by atoms with Crippen molar-refractivity contribution in [1.29, 1.82) is 0 Å². The van der Waals surface area contributed by atoms with Gasteiger partial charge in [-0.05, 0) is 71.4 Å². The van der Waals surface area contributed by atoms with Crippen LogP contribution in [0, 0.1) is 17.0 Å². The quantitative estimate of drug-likeness (QED) is 0.259. The molecular formula is C31H38N2O5. The third-order valence-electron chi connectivity index (χ3n) is 7.97. The van der Waals surface area contributed by atoms with Crippen LogP contribution in [0.5, 0.6) is 0 Å². The van der Waals surface area contributed by atoms with Gasteiger partial charge in [-0.15, -0.1) is 0 Å². The van der Waals surface area contributed by atoms with Crippen molar-refractivity contribution in [2.75, 3.05) is 13.2 Å². The first-order chi connectivity index (χ1) is 17.9. The maximum atomic E-state index is 13.4. The molecule has 1 aromatic heterocycles. The van der Waals surface area contributed by atoms with Gasteiger partial charge in [0.2, 0.25) is 0 Å². The third-order valence-corrected chi connectivity index (χ3v) is 7.97. The van der Waals surface area contributed by atoms with Gasteiger partial charge in [-0.2, -0.15) is 0 Å². The predicted molar refractivity (Wildman–Crippen MR) is 148 cm³/mol. The molecule has 0 aliphatic heterocycles. The van der Waals surface area contributed by atoms with E-state index in [9.17, 15) is 20.0 Å². The van der Waals surface area contributed by atoms with Crippen molar-refractivity contribution in [3.05, 3.63) is 98.0 Å². The smallest absolute Gasteiger partial charge is 0.289 e. The lowest BCUT2D eigenvalue weighted by molar-refractivity contribution is -0.385. The summed E-state index contributed by atoms with van der Waals surface area (Å²) in [4.78, 5) is 25.9. The summed E-state index contributed by atoms with van der Waals surface area (Å²) in [5, 5.41) is 20.8. The average Bonchev–Trinajstić information content (AvgIpc) is 3.34. The van der Waals surface area contributed by atoms with Crippen molar-refractivity contribution < 1.29 is 19.2 Å². The second-order valence-electron chi connectivity index (χ2n) is 11.7. The number of furan rings is 1. The zero-order valence-corrected chi connectivity index (χ0v) is 23.0. The molecule has 1 N–H and O–H groups in total. The van der Waals surface area contributed by atoms with Crippen LogP contribution < -0.4 is 0 Å². The monoisotopic (exact) mass is 518 g/mol. The van der Waals surface area contributed by atoms with E-state index in [1.54, 1.807) is 24.3 Å². The van der Waals surface area contributed by atoms with Crippen molar-refractivity contribution in [1.82, 2.24) is 4.90 Å². The number of carbonyl (C=O) groups is 1. The fourth-order valence-electron chi connectivity index (χ4n) is 5.43. The number of rotatable bonds is 9. The van der Waals surface area contributed by atoms with Crippen LogP contribution in [0.2, 0.25) is 0 Å². The fraction of sp³-hybridized carbons (Fsp3) is 0.452. The highest BCUT2D eigenvalue weighted by molar-refractivity contribution is 5.91. The molecule has 1 heterocycles. The minimum absolute atomic E-state index is 0.0385. The number of aliphatic hydroxyl groups excluding tert-OH is 1. The van der Waals surface area contributed by atoms with Gasteiger partial charge in [0.15, 0.2) is 5.76 Å². The maximum Gasteiger partial charge on any atom is 0.289 e. The van der Waals surface area contributed by atoms with Gasteiger partial charge in [-0.1, -0.05) is 58.0 Å². The molecule has 2 aromatic carbocycles. The van der Waals surface area contributed by atoms with Gasteiger partial charge in [0.05, 0.1) is 11.5 Å². The lowest BCUT2D eigenvalue weighted by Gasteiger charge is -2.42. The lowest BCUT2D eigenvalue weighted by atomic mass is 9.62. The van der Waals surface area contributed by atoms with Crippen LogP contribution in [0.1, 0.15) is 91.1 Å². The highest BCUT2D eigenvalue weighted by Crippen LogP contribution is 2.46. The molecule has 1 aliphatic carbocycles. The van der Waals surface area contributed by atoms with Crippen molar-refractivity contribution in [3.8, 4) is 0 Å². The Hall–Kier alpha value is -3.45. The third kappa shape index (κ3) is 5.68. The Labute approximate surface area is 224 Å². The van der Waals surface area contributed by atoms with E-state index in [0.29, 0.717) is 24.2 Å². The SMILES string of the molecule is Cc1cc2c(cc1Cc1ccc(C(=O)N(CCCO)Cc3ccccc3[N+](=O)[O-])o1)C(C)(C)CCC2(C)C. The zero-order chi connectivity index (χ0) is 27.7. The molecule has 4 rings (SSSR count). The summed E-state index contributed by atoms with van der Waals surface area (Å²) in [7, 11) is 0. The average molecular weight is 519 g/mol. The molecule has 0 saturated heterocycles. The Balaban J connectivity index is 1.58. The minimum Gasteiger partial charge on any atom is -0.456 e. The van der Waals surface area contributed by atoms with Crippen LogP contribution in [-0.2, 0) is 23.8 Å². The lowest BCUT2D eigenvalue weighted by Crippen LogP contribution is -2.34. The number of para-hydroxylation sites is 1. The molecule has 38 heavy (non-hydrogen) atoms. The zero-order valence-electron chi connectivity index (χ0n) is 23.0. The number of nitrogens with zero attached hydrogens (tertiary/aromatic N) is 2. The maximum absolute atomic E-state index is 13.4. The summed E-state index contributed by atoms with van der Waals surface area (Å²) in [6.07, 6.45) is 3.23. The van der Waals surface area contributed by atoms with Crippen LogP contribution >= 0.6 is 0 Å². The van der Waals surface area contributed by atoms with Crippen LogP contribution in [0.15, 0.2) is 52.9 Å². The first-order valence-corrected chi connectivity index (χ1v) is 13.3. The van der Waals surface area contributed by atoms with E-state index in [0.717, 1.165) is 12.8 Å². The number of benzene rings is 2. The number of hydrogen-bond donors (Lipinski definition) is 1. The Morgan fingerprint density at radius 1 is 1.03 bits per heavy atom. The standard InChI is InChI=1S/C31H38N2O5/c1-21-17-25-26(31(4,5)14-13-30(25,2)3)19-23(21)18-24-11-12-28(38-24)29(35)32(15-8-16-34)20-22-9-6-7-10-27(22)33(36)37/h6-7,9-12,17,19,34H,8,13-16,18,20H2,1-5H3. The Bertz CT molecular complexity index is 1340. The number of aryl methyl sites for hydroxylation is 1. The van der Waals surface area contributed by atoms with Gasteiger partial charge in [0, 0.05) is 31.2 Å². The van der Waals surface area contributed by atoms with E-state index in [1.807, 2.05) is 6.07 Å². The van der Waals surface area contributed by atoms with Crippen molar-refractivity contribution in [2.45, 2.75) is 77.7 Å². The Morgan fingerprint density at radius 2 is 1.68 bits per heavy atom. The van der Waals surface area contributed by atoms with E-state index in [4.69, 9.17) is 4.42 Å². The van der Waals surface area contributed by atoms with Crippen molar-refractivity contribution >= 4 is 11.6 Å². The topological polar surface area (TPSA) is 96.8 Å². The van der Waals surface area contributed by atoms with E-state index < -0.39 is 4.92 Å². The summed E-state index contributed by atoms with van der Waals surface area (Å²) >= 11 is 0. The van der Waals surface area contributed by atoms with E-state index >= 15 is 0 Å². The van der Waals surface area contributed by atoms with Crippen molar-refractivity contribution in [2.24, 2.45) is 0 Å². The van der Waals surface area contributed by atoms with E-state index in [-0.39, 0.29) is 47.9 Å². The molecule has 202 valence electrons. The van der Waals surface area contributed by atoms with Gasteiger partial charge < -0.3 is 14.4 Å². The minimum atomic E-state index is -0.446. The largest absolute Gasteiger partial charge is 0.456 e. The molecule has 1 amide bonds. The summed E-state index contributed by atoms with van der Waals surface area (Å²) in [6, 6.07) is 14.5. The Morgan fingerprint density at radius 3 is 2.34 bits per heavy atom. The van der Waals surface area contributed by atoms with E-state index in [2.05, 4.69) is 46.8 Å². The van der Waals surface area contributed by atoms with Crippen LogP contribution in [0.3, 0.4) is 0 Å². The van der Waals surface area contributed by atoms with Crippen LogP contribution in [0.4, 0.5) is 5.69 Å². The first kappa shape index (κ1) is 27.6. The number of carbonyl (C=O) groups excluding carboxylic acids is 1. The number of fused-ring (bicyclic) bond motifs is 1. The second kappa shape index (κ2) is 10.7. The molecule has 7 heteroatoms. The highest BCUT2D eigenvalue weighted by atomic mass is 16.6. The number of aliphatic hydroxyl groups is 1. The second-order valence-corrected chi connectivity index (χ2v) is 11.7. The molecule has 0 saturated carbocycles. The van der Waals surface area contributed by atoms with Gasteiger partial charge in [-0.3, -0.25) is 14.9 Å². The van der Waals surface area contributed by atoms with Gasteiger partial charge in [0.1, 0.15) is 5.76 Å². The predicted octanol–water partition coefficient (Wildman–Crippen LogP) is 6.46. The van der Waals surface area contributed by atoms with E-state index in [1.165, 1.54) is 33.2 Å². The molecule has 0 atom stereocenters. The fourth-order valence-corrected chi connectivity index (χ4v) is 5.43. The summed E-state index contributed by atoms with van der Waals surface area (Å²) in [6.45, 7) is 11.6. The van der Waals surface area contributed by atoms with Gasteiger partial charge >= 0.3 is 0 Å².